The van der Waals surface area contributed by atoms with Gasteiger partial charge in [0, 0.05) is 17.2 Å². The van der Waals surface area contributed by atoms with E-state index in [0.29, 0.717) is 11.8 Å². The van der Waals surface area contributed by atoms with Crippen molar-refractivity contribution >= 4 is 5.91 Å². The minimum Gasteiger partial charge on any atom is -0.311 e. The molecule has 0 aromatic rings. The second-order valence-corrected chi connectivity index (χ2v) is 6.56. The maximum atomic E-state index is 12.7. The van der Waals surface area contributed by atoms with Crippen molar-refractivity contribution in [3.8, 4) is 0 Å². The normalized spacial score (nSPS) is 25.7. The van der Waals surface area contributed by atoms with Gasteiger partial charge in [0.05, 0.1) is 0 Å². The van der Waals surface area contributed by atoms with Crippen LogP contribution in [0.4, 0.5) is 0 Å². The Labute approximate surface area is 112 Å². The lowest BCUT2D eigenvalue weighted by molar-refractivity contribution is -0.143. The third kappa shape index (κ3) is 3.15. The Morgan fingerprint density at radius 1 is 1.22 bits per heavy atom. The molecule has 1 aliphatic heterocycles. The maximum absolute atomic E-state index is 12.7. The Bertz CT molecular complexity index is 314. The first kappa shape index (κ1) is 15.3. The lowest BCUT2D eigenvalue weighted by atomic mass is 9.77. The van der Waals surface area contributed by atoms with Crippen LogP contribution in [-0.2, 0) is 4.79 Å². The summed E-state index contributed by atoms with van der Waals surface area (Å²) in [6, 6.07) is 0. The molecule has 1 amide bonds. The van der Waals surface area contributed by atoms with Gasteiger partial charge in [0.15, 0.2) is 0 Å². The van der Waals surface area contributed by atoms with E-state index in [-0.39, 0.29) is 11.5 Å². The number of piperidine rings is 1. The number of amides is 1. The second kappa shape index (κ2) is 5.90. The fourth-order valence-corrected chi connectivity index (χ4v) is 3.21. The van der Waals surface area contributed by atoms with Crippen LogP contribution in [0.2, 0.25) is 0 Å². The van der Waals surface area contributed by atoms with E-state index in [4.69, 9.17) is 0 Å². The Morgan fingerprint density at radius 2 is 1.78 bits per heavy atom. The number of rotatable bonds is 4. The summed E-state index contributed by atoms with van der Waals surface area (Å²) in [5.41, 5.74) is 0.871. The van der Waals surface area contributed by atoms with Gasteiger partial charge in [-0.2, -0.15) is 0 Å². The van der Waals surface area contributed by atoms with Crippen molar-refractivity contribution in [3.05, 3.63) is 12.3 Å². The zero-order valence-corrected chi connectivity index (χ0v) is 12.8. The van der Waals surface area contributed by atoms with Crippen molar-refractivity contribution in [3.63, 3.8) is 0 Å². The van der Waals surface area contributed by atoms with Crippen LogP contribution in [0.1, 0.15) is 66.7 Å². The summed E-state index contributed by atoms with van der Waals surface area (Å²) in [7, 11) is 0. The van der Waals surface area contributed by atoms with Crippen LogP contribution < -0.4 is 0 Å². The van der Waals surface area contributed by atoms with Gasteiger partial charge in [-0.15, -0.1) is 0 Å². The Hall–Kier alpha value is -0.790. The van der Waals surface area contributed by atoms with Gasteiger partial charge >= 0.3 is 0 Å². The standard InChI is InChI=1S/C16H29NO/c1-7-9-13-11-12(3)17(16(4,5)6)15(18)14(13)10-8-2/h13-14H,3,7-11H2,1-2,4-6H3. The van der Waals surface area contributed by atoms with Crippen molar-refractivity contribution in [1.82, 2.24) is 4.90 Å². The van der Waals surface area contributed by atoms with Crippen molar-refractivity contribution in [2.24, 2.45) is 11.8 Å². The first-order valence-corrected chi connectivity index (χ1v) is 7.34. The summed E-state index contributed by atoms with van der Waals surface area (Å²) in [5, 5.41) is 0. The largest absolute Gasteiger partial charge is 0.311 e. The van der Waals surface area contributed by atoms with E-state index in [1.165, 1.54) is 0 Å². The number of nitrogens with zero attached hydrogens (tertiary/aromatic N) is 1. The summed E-state index contributed by atoms with van der Waals surface area (Å²) >= 11 is 0. The van der Waals surface area contributed by atoms with E-state index in [1.54, 1.807) is 0 Å². The average Bonchev–Trinajstić information content (AvgIpc) is 2.21. The quantitative estimate of drug-likeness (QED) is 0.727. The van der Waals surface area contributed by atoms with Crippen LogP contribution in [0.25, 0.3) is 0 Å². The lowest BCUT2D eigenvalue weighted by Crippen LogP contribution is -2.52. The second-order valence-electron chi connectivity index (χ2n) is 6.56. The van der Waals surface area contributed by atoms with E-state index in [2.05, 4.69) is 41.2 Å². The molecule has 1 saturated heterocycles. The first-order chi connectivity index (χ1) is 8.32. The number of carbonyl (C=O) groups is 1. The molecular weight excluding hydrogens is 222 g/mol. The van der Waals surface area contributed by atoms with Crippen molar-refractivity contribution in [2.75, 3.05) is 0 Å². The topological polar surface area (TPSA) is 20.3 Å². The molecule has 1 aliphatic rings. The van der Waals surface area contributed by atoms with Crippen molar-refractivity contribution < 1.29 is 4.79 Å². The van der Waals surface area contributed by atoms with Gasteiger partial charge < -0.3 is 4.90 Å². The van der Waals surface area contributed by atoms with Gasteiger partial charge in [-0.25, -0.2) is 0 Å². The number of hydrogen-bond donors (Lipinski definition) is 0. The number of likely N-dealkylation sites (tertiary alicyclic amines) is 1. The highest BCUT2D eigenvalue weighted by atomic mass is 16.2. The molecule has 1 fully saturated rings. The molecule has 2 nitrogen and oxygen atoms in total. The highest BCUT2D eigenvalue weighted by Gasteiger charge is 2.41. The molecule has 18 heavy (non-hydrogen) atoms. The minimum absolute atomic E-state index is 0.142. The lowest BCUT2D eigenvalue weighted by Gasteiger charge is -2.46. The van der Waals surface area contributed by atoms with Crippen LogP contribution in [-0.4, -0.2) is 16.3 Å². The minimum atomic E-state index is -0.142. The van der Waals surface area contributed by atoms with Crippen LogP contribution >= 0.6 is 0 Å². The molecule has 2 heteroatoms. The number of hydrogen-bond acceptors (Lipinski definition) is 1. The molecule has 104 valence electrons. The third-order valence-electron chi connectivity index (χ3n) is 3.85. The van der Waals surface area contributed by atoms with Crippen LogP contribution in [0.5, 0.6) is 0 Å². The van der Waals surface area contributed by atoms with Crippen molar-refractivity contribution in [1.29, 1.82) is 0 Å². The summed E-state index contributed by atoms with van der Waals surface area (Å²) < 4.78 is 0. The fraction of sp³-hybridized carbons (Fsp3) is 0.812. The molecule has 2 atom stereocenters. The van der Waals surface area contributed by atoms with Gasteiger partial charge in [-0.3, -0.25) is 4.79 Å². The Balaban J connectivity index is 2.96. The SMILES string of the molecule is C=C1CC(CCC)C(CCC)C(=O)N1C(C)(C)C. The highest BCUT2D eigenvalue weighted by molar-refractivity contribution is 5.82. The molecule has 0 radical (unpaired) electrons. The molecule has 0 bridgehead atoms. The van der Waals surface area contributed by atoms with E-state index in [9.17, 15) is 4.79 Å². The number of allylic oxidation sites excluding steroid dienone is 1. The van der Waals surface area contributed by atoms with Crippen LogP contribution in [0, 0.1) is 11.8 Å². The van der Waals surface area contributed by atoms with Crippen LogP contribution in [0.15, 0.2) is 12.3 Å². The maximum Gasteiger partial charge on any atom is 0.230 e. The van der Waals surface area contributed by atoms with Crippen LogP contribution in [0.3, 0.4) is 0 Å². The van der Waals surface area contributed by atoms with Gasteiger partial charge in [0.1, 0.15) is 0 Å². The zero-order valence-electron chi connectivity index (χ0n) is 12.8. The monoisotopic (exact) mass is 251 g/mol. The molecule has 2 unspecified atom stereocenters. The van der Waals surface area contributed by atoms with E-state index >= 15 is 0 Å². The predicted molar refractivity (Wildman–Crippen MR) is 77.2 cm³/mol. The van der Waals surface area contributed by atoms with Gasteiger partial charge in [-0.05, 0) is 46.0 Å². The van der Waals surface area contributed by atoms with Gasteiger partial charge in [0.25, 0.3) is 0 Å². The first-order valence-electron chi connectivity index (χ1n) is 7.34. The molecule has 0 aromatic heterocycles. The van der Waals surface area contributed by atoms with Gasteiger partial charge in [0.2, 0.25) is 5.91 Å². The van der Waals surface area contributed by atoms with Gasteiger partial charge in [-0.1, -0.05) is 33.3 Å². The molecular formula is C16H29NO. The third-order valence-corrected chi connectivity index (χ3v) is 3.85. The smallest absolute Gasteiger partial charge is 0.230 e. The molecule has 0 aromatic carbocycles. The van der Waals surface area contributed by atoms with Crippen molar-refractivity contribution in [2.45, 2.75) is 72.3 Å². The number of carbonyl (C=O) groups excluding carboxylic acids is 1. The summed E-state index contributed by atoms with van der Waals surface area (Å²) in [6.07, 6.45) is 5.39. The average molecular weight is 251 g/mol. The molecule has 0 saturated carbocycles. The fourth-order valence-electron chi connectivity index (χ4n) is 3.21. The summed E-state index contributed by atoms with van der Waals surface area (Å²) in [4.78, 5) is 14.7. The summed E-state index contributed by atoms with van der Waals surface area (Å²) in [5.74, 6) is 1.02. The summed E-state index contributed by atoms with van der Waals surface area (Å²) in [6.45, 7) is 14.8. The Morgan fingerprint density at radius 3 is 2.22 bits per heavy atom. The molecule has 0 spiro atoms. The van der Waals surface area contributed by atoms with E-state index in [0.717, 1.165) is 37.8 Å². The van der Waals surface area contributed by atoms with E-state index in [1.807, 2.05) is 4.90 Å². The molecule has 1 rings (SSSR count). The zero-order chi connectivity index (χ0) is 13.9. The predicted octanol–water partition coefficient (Wildman–Crippen LogP) is 4.36. The Kier molecular flexibility index (Phi) is 5.01. The van der Waals surface area contributed by atoms with E-state index < -0.39 is 0 Å². The highest BCUT2D eigenvalue weighted by Crippen LogP contribution is 2.39. The molecule has 0 N–H and O–H groups in total. The molecule has 1 heterocycles. The molecule has 0 aliphatic carbocycles.